The second-order valence-corrected chi connectivity index (χ2v) is 4.84. The van der Waals surface area contributed by atoms with Crippen LogP contribution in [0.2, 0.25) is 0 Å². The Hall–Kier alpha value is -1.27. The van der Waals surface area contributed by atoms with Crippen LogP contribution in [0.3, 0.4) is 0 Å². The van der Waals surface area contributed by atoms with Crippen molar-refractivity contribution < 1.29 is 0 Å². The second kappa shape index (κ2) is 5.37. The van der Waals surface area contributed by atoms with E-state index in [9.17, 15) is 0 Å². The first-order valence-corrected chi connectivity index (χ1v) is 6.47. The van der Waals surface area contributed by atoms with Crippen LogP contribution < -0.4 is 5.32 Å². The monoisotopic (exact) mass is 251 g/mol. The Labute approximate surface area is 105 Å². The minimum absolute atomic E-state index is 0.282. The average Bonchev–Trinajstić information content (AvgIpc) is 2.87. The van der Waals surface area contributed by atoms with Crippen LogP contribution in [0.15, 0.2) is 12.4 Å². The molecule has 0 aliphatic heterocycles. The molecular formula is C11H17N5S. The number of aryl methyl sites for hydroxylation is 2. The number of rotatable bonds is 5. The van der Waals surface area contributed by atoms with Crippen LogP contribution in [-0.2, 0) is 13.5 Å². The second-order valence-electron chi connectivity index (χ2n) is 4.06. The zero-order valence-electron chi connectivity index (χ0n) is 10.3. The van der Waals surface area contributed by atoms with Gasteiger partial charge in [0.25, 0.3) is 0 Å². The Morgan fingerprint density at radius 2 is 2.35 bits per heavy atom. The van der Waals surface area contributed by atoms with Crippen LogP contribution in [0.5, 0.6) is 0 Å². The SMILES string of the molecule is CCNC(Cc1cnn(C)c1)c1snnc1C. The number of hydrogen-bond donors (Lipinski definition) is 1. The molecule has 6 heteroatoms. The van der Waals surface area contributed by atoms with Gasteiger partial charge in [0.05, 0.1) is 16.8 Å². The van der Waals surface area contributed by atoms with E-state index in [0.29, 0.717) is 0 Å². The summed E-state index contributed by atoms with van der Waals surface area (Å²) in [5.41, 5.74) is 2.25. The quantitative estimate of drug-likeness (QED) is 0.874. The van der Waals surface area contributed by atoms with Crippen molar-refractivity contribution in [3.63, 3.8) is 0 Å². The Balaban J connectivity index is 2.15. The smallest absolute Gasteiger partial charge is 0.0772 e. The summed E-state index contributed by atoms with van der Waals surface area (Å²) in [5, 5.41) is 11.7. The predicted molar refractivity (Wildman–Crippen MR) is 68.0 cm³/mol. The van der Waals surface area contributed by atoms with Gasteiger partial charge in [-0.2, -0.15) is 5.10 Å². The number of aromatic nitrogens is 4. The van der Waals surface area contributed by atoms with Crippen molar-refractivity contribution in [2.24, 2.45) is 7.05 Å². The molecule has 2 heterocycles. The standard InChI is InChI=1S/C11H17N5S/c1-4-12-10(11-8(2)14-15-17-11)5-9-6-13-16(3)7-9/h6-7,10,12H,4-5H2,1-3H3. The zero-order valence-corrected chi connectivity index (χ0v) is 11.2. The molecule has 1 unspecified atom stereocenters. The summed E-state index contributed by atoms with van der Waals surface area (Å²) in [6.45, 7) is 5.05. The van der Waals surface area contributed by atoms with Gasteiger partial charge in [-0.25, -0.2) is 0 Å². The van der Waals surface area contributed by atoms with E-state index >= 15 is 0 Å². The first-order chi connectivity index (χ1) is 8.20. The van der Waals surface area contributed by atoms with E-state index in [2.05, 4.69) is 26.9 Å². The maximum atomic E-state index is 4.19. The van der Waals surface area contributed by atoms with Gasteiger partial charge in [0.2, 0.25) is 0 Å². The van der Waals surface area contributed by atoms with E-state index in [-0.39, 0.29) is 6.04 Å². The van der Waals surface area contributed by atoms with Gasteiger partial charge in [-0.05, 0) is 37.0 Å². The van der Waals surface area contributed by atoms with Crippen molar-refractivity contribution in [3.05, 3.63) is 28.5 Å². The lowest BCUT2D eigenvalue weighted by atomic mass is 10.1. The molecule has 5 nitrogen and oxygen atoms in total. The topological polar surface area (TPSA) is 55.6 Å². The minimum atomic E-state index is 0.282. The van der Waals surface area contributed by atoms with Gasteiger partial charge in [0, 0.05) is 19.3 Å². The molecule has 0 saturated carbocycles. The molecule has 0 saturated heterocycles. The van der Waals surface area contributed by atoms with Gasteiger partial charge in [0.15, 0.2) is 0 Å². The molecule has 0 aromatic carbocycles. The van der Waals surface area contributed by atoms with Crippen molar-refractivity contribution in [2.45, 2.75) is 26.3 Å². The Bertz CT molecular complexity index is 476. The van der Waals surface area contributed by atoms with Crippen LogP contribution in [0.4, 0.5) is 0 Å². The predicted octanol–water partition coefficient (Wildman–Crippen LogP) is 1.47. The number of likely N-dealkylation sites (N-methyl/N-ethyl adjacent to an activating group) is 1. The van der Waals surface area contributed by atoms with E-state index in [4.69, 9.17) is 0 Å². The van der Waals surface area contributed by atoms with Crippen molar-refractivity contribution in [3.8, 4) is 0 Å². The fourth-order valence-corrected chi connectivity index (χ4v) is 2.59. The first kappa shape index (κ1) is 12.2. The van der Waals surface area contributed by atoms with Gasteiger partial charge >= 0.3 is 0 Å². The van der Waals surface area contributed by atoms with E-state index < -0.39 is 0 Å². The van der Waals surface area contributed by atoms with Crippen molar-refractivity contribution in [1.29, 1.82) is 0 Å². The van der Waals surface area contributed by atoms with Crippen molar-refractivity contribution in [1.82, 2.24) is 24.7 Å². The number of hydrogen-bond acceptors (Lipinski definition) is 5. The summed E-state index contributed by atoms with van der Waals surface area (Å²) in [6.07, 6.45) is 4.88. The molecule has 0 aliphatic carbocycles. The molecule has 0 aliphatic rings. The van der Waals surface area contributed by atoms with Crippen LogP contribution in [0.1, 0.15) is 29.1 Å². The van der Waals surface area contributed by atoms with E-state index in [1.165, 1.54) is 22.0 Å². The summed E-state index contributed by atoms with van der Waals surface area (Å²) in [4.78, 5) is 1.22. The number of nitrogens with one attached hydrogen (secondary N) is 1. The lowest BCUT2D eigenvalue weighted by Gasteiger charge is -2.15. The van der Waals surface area contributed by atoms with Gasteiger partial charge in [-0.3, -0.25) is 4.68 Å². The molecule has 17 heavy (non-hydrogen) atoms. The summed E-state index contributed by atoms with van der Waals surface area (Å²) in [7, 11) is 1.94. The average molecular weight is 251 g/mol. The Morgan fingerprint density at radius 3 is 2.88 bits per heavy atom. The molecule has 1 atom stereocenters. The van der Waals surface area contributed by atoms with Crippen LogP contribution in [0, 0.1) is 6.92 Å². The molecular weight excluding hydrogens is 234 g/mol. The third kappa shape index (κ3) is 2.89. The van der Waals surface area contributed by atoms with E-state index in [0.717, 1.165) is 18.7 Å². The minimum Gasteiger partial charge on any atom is -0.309 e. The maximum absolute atomic E-state index is 4.19. The lowest BCUT2D eigenvalue weighted by molar-refractivity contribution is 0.554. The molecule has 2 rings (SSSR count). The largest absolute Gasteiger partial charge is 0.309 e. The van der Waals surface area contributed by atoms with Gasteiger partial charge in [0.1, 0.15) is 0 Å². The normalized spacial score (nSPS) is 12.9. The summed E-state index contributed by atoms with van der Waals surface area (Å²) >= 11 is 1.47. The fraction of sp³-hybridized carbons (Fsp3) is 0.545. The molecule has 92 valence electrons. The molecule has 2 aromatic heterocycles. The molecule has 0 amide bonds. The molecule has 0 bridgehead atoms. The number of nitrogens with zero attached hydrogens (tertiary/aromatic N) is 4. The third-order valence-electron chi connectivity index (χ3n) is 2.65. The fourth-order valence-electron chi connectivity index (χ4n) is 1.87. The Morgan fingerprint density at radius 1 is 1.53 bits per heavy atom. The summed E-state index contributed by atoms with van der Waals surface area (Å²) in [6, 6.07) is 0.282. The summed E-state index contributed by atoms with van der Waals surface area (Å²) in [5.74, 6) is 0. The zero-order chi connectivity index (χ0) is 12.3. The van der Waals surface area contributed by atoms with Gasteiger partial charge in [-0.15, -0.1) is 5.10 Å². The molecule has 0 fully saturated rings. The van der Waals surface area contributed by atoms with Crippen LogP contribution in [0.25, 0.3) is 0 Å². The molecule has 1 N–H and O–H groups in total. The maximum Gasteiger partial charge on any atom is 0.0772 e. The molecule has 2 aromatic rings. The van der Waals surface area contributed by atoms with Crippen LogP contribution in [-0.4, -0.2) is 25.9 Å². The highest BCUT2D eigenvalue weighted by atomic mass is 32.1. The van der Waals surface area contributed by atoms with Gasteiger partial charge in [-0.1, -0.05) is 11.4 Å². The van der Waals surface area contributed by atoms with E-state index in [1.54, 1.807) is 0 Å². The van der Waals surface area contributed by atoms with Crippen molar-refractivity contribution in [2.75, 3.05) is 6.54 Å². The molecule has 0 radical (unpaired) electrons. The third-order valence-corrected chi connectivity index (χ3v) is 3.59. The highest BCUT2D eigenvalue weighted by Crippen LogP contribution is 2.23. The summed E-state index contributed by atoms with van der Waals surface area (Å²) < 4.78 is 5.83. The first-order valence-electron chi connectivity index (χ1n) is 5.70. The highest BCUT2D eigenvalue weighted by molar-refractivity contribution is 7.05. The van der Waals surface area contributed by atoms with Gasteiger partial charge < -0.3 is 5.32 Å². The molecule has 0 spiro atoms. The lowest BCUT2D eigenvalue weighted by Crippen LogP contribution is -2.22. The highest BCUT2D eigenvalue weighted by Gasteiger charge is 2.17. The Kier molecular flexibility index (Phi) is 3.86. The van der Waals surface area contributed by atoms with Crippen LogP contribution >= 0.6 is 11.5 Å². The van der Waals surface area contributed by atoms with Crippen molar-refractivity contribution >= 4 is 11.5 Å². The van der Waals surface area contributed by atoms with E-state index in [1.807, 2.05) is 31.0 Å².